The Hall–Kier alpha value is -8.00. The van der Waals surface area contributed by atoms with E-state index in [0.29, 0.717) is 72.3 Å². The van der Waals surface area contributed by atoms with Gasteiger partial charge in [-0.15, -0.1) is 20.4 Å². The Morgan fingerprint density at radius 1 is 0.564 bits per heavy atom. The summed E-state index contributed by atoms with van der Waals surface area (Å²) in [6, 6.07) is 36.4. The Kier molecular flexibility index (Phi) is 8.08. The molecule has 10 aromatic rings. The van der Waals surface area contributed by atoms with E-state index >= 15 is 0 Å². The van der Waals surface area contributed by atoms with E-state index in [9.17, 15) is 14.7 Å². The standard InChI is InChI=1S/C21H14N4O3.C20H12N4O3/c1-27-21(26)14-12-17(18-8-5-11-28-18)22-15-9-10-16-20(19(14)15)24-25(23-16)13-6-3-2-4-7-13;25-20(26)13-11-16(17-7-4-10-27-17)21-14-8-9-15-19(18(13)14)23-24(22-15)12-5-2-1-3-6-12/h2-12H,1H3;1-11H,(H,25,26). The molecule has 0 radical (unpaired) electrons. The van der Waals surface area contributed by atoms with Crippen LogP contribution in [0.2, 0.25) is 0 Å². The normalized spacial score (nSPS) is 11.2. The molecular formula is C41H26N8O6. The van der Waals surface area contributed by atoms with E-state index < -0.39 is 11.9 Å². The van der Waals surface area contributed by atoms with Crippen LogP contribution in [-0.2, 0) is 4.74 Å². The number of ether oxygens (including phenoxy) is 1. The zero-order chi connectivity index (χ0) is 37.5. The SMILES string of the molecule is COC(=O)c1cc(-c2ccco2)nc2ccc3nn(-c4ccccc4)nc3c12.O=C(O)c1cc(-c2ccco2)nc2ccc3nn(-c4ccccc4)nc3c12. The summed E-state index contributed by atoms with van der Waals surface area (Å²) in [6.07, 6.45) is 3.09. The number of benzene rings is 4. The molecule has 0 aliphatic heterocycles. The summed E-state index contributed by atoms with van der Waals surface area (Å²) in [4.78, 5) is 36.7. The highest BCUT2D eigenvalue weighted by molar-refractivity contribution is 6.15. The van der Waals surface area contributed by atoms with Crippen LogP contribution in [0.4, 0.5) is 0 Å². The number of carbonyl (C=O) groups is 2. The quantitative estimate of drug-likeness (QED) is 0.164. The summed E-state index contributed by atoms with van der Waals surface area (Å²) in [7, 11) is 1.35. The molecule has 6 heterocycles. The molecule has 0 unspecified atom stereocenters. The lowest BCUT2D eigenvalue weighted by Gasteiger charge is -2.07. The van der Waals surface area contributed by atoms with Crippen molar-refractivity contribution in [3.63, 3.8) is 0 Å². The Morgan fingerprint density at radius 3 is 1.45 bits per heavy atom. The highest BCUT2D eigenvalue weighted by Crippen LogP contribution is 2.32. The topological polar surface area (TPSA) is 177 Å². The molecule has 0 spiro atoms. The van der Waals surface area contributed by atoms with Crippen LogP contribution in [0.15, 0.2) is 143 Å². The van der Waals surface area contributed by atoms with Gasteiger partial charge in [-0.25, -0.2) is 19.6 Å². The number of hydrogen-bond acceptors (Lipinski definition) is 11. The van der Waals surface area contributed by atoms with Crippen molar-refractivity contribution in [2.75, 3.05) is 7.11 Å². The first kappa shape index (κ1) is 32.9. The minimum absolute atomic E-state index is 0.108. The number of para-hydroxylation sites is 2. The van der Waals surface area contributed by atoms with Crippen molar-refractivity contribution in [2.24, 2.45) is 0 Å². The van der Waals surface area contributed by atoms with E-state index in [-0.39, 0.29) is 5.56 Å². The molecule has 0 bridgehead atoms. The third-order valence-corrected chi connectivity index (χ3v) is 8.80. The molecule has 0 aliphatic carbocycles. The second-order valence-corrected chi connectivity index (χ2v) is 12.2. The van der Waals surface area contributed by atoms with Gasteiger partial charge in [-0.05, 0) is 84.9 Å². The molecule has 14 heteroatoms. The molecule has 0 saturated heterocycles. The van der Waals surface area contributed by atoms with Gasteiger partial charge in [-0.1, -0.05) is 36.4 Å². The van der Waals surface area contributed by atoms with Crippen molar-refractivity contribution in [1.82, 2.24) is 40.0 Å². The van der Waals surface area contributed by atoms with Gasteiger partial charge in [-0.2, -0.15) is 9.59 Å². The number of carboxylic acids is 1. The van der Waals surface area contributed by atoms with Crippen LogP contribution in [0, 0.1) is 0 Å². The smallest absolute Gasteiger partial charge is 0.338 e. The number of hydrogen-bond donors (Lipinski definition) is 1. The van der Waals surface area contributed by atoms with E-state index in [2.05, 4.69) is 30.4 Å². The first-order valence-electron chi connectivity index (χ1n) is 16.9. The number of fused-ring (bicyclic) bond motifs is 6. The summed E-state index contributed by atoms with van der Waals surface area (Å²) in [5.41, 5.74) is 6.57. The number of aromatic carboxylic acids is 1. The molecule has 0 amide bonds. The lowest BCUT2D eigenvalue weighted by Crippen LogP contribution is -2.04. The number of carbonyl (C=O) groups excluding carboxylic acids is 1. The third-order valence-electron chi connectivity index (χ3n) is 8.80. The molecule has 10 rings (SSSR count). The molecule has 266 valence electrons. The number of carboxylic acid groups (broad SMARTS) is 1. The van der Waals surface area contributed by atoms with Crippen molar-refractivity contribution in [2.45, 2.75) is 0 Å². The predicted octanol–water partition coefficient (Wildman–Crippen LogP) is 7.94. The lowest BCUT2D eigenvalue weighted by molar-refractivity contribution is 0.0602. The maximum atomic E-state index is 12.5. The van der Waals surface area contributed by atoms with Gasteiger partial charge in [0.2, 0.25) is 0 Å². The number of esters is 1. The van der Waals surface area contributed by atoms with E-state index in [1.807, 2.05) is 72.8 Å². The fourth-order valence-electron chi connectivity index (χ4n) is 6.29. The number of rotatable bonds is 6. The van der Waals surface area contributed by atoms with Crippen LogP contribution < -0.4 is 0 Å². The largest absolute Gasteiger partial charge is 0.478 e. The maximum absolute atomic E-state index is 12.5. The van der Waals surface area contributed by atoms with Gasteiger partial charge in [0, 0.05) is 10.8 Å². The number of nitrogens with zero attached hydrogens (tertiary/aromatic N) is 8. The average molecular weight is 727 g/mol. The lowest BCUT2D eigenvalue weighted by atomic mass is 10.1. The molecule has 0 fully saturated rings. The van der Waals surface area contributed by atoms with Gasteiger partial charge in [0.05, 0.1) is 53.2 Å². The molecule has 0 atom stereocenters. The summed E-state index contributed by atoms with van der Waals surface area (Å²) in [5.74, 6) is -0.452. The van der Waals surface area contributed by atoms with Crippen molar-refractivity contribution in [3.8, 4) is 34.3 Å². The van der Waals surface area contributed by atoms with Crippen LogP contribution >= 0.6 is 0 Å². The summed E-state index contributed by atoms with van der Waals surface area (Å²) in [5, 5.41) is 29.0. The summed E-state index contributed by atoms with van der Waals surface area (Å²) < 4.78 is 15.8. The molecule has 6 aromatic heterocycles. The summed E-state index contributed by atoms with van der Waals surface area (Å²) >= 11 is 0. The Balaban J connectivity index is 0.000000144. The molecule has 0 saturated carbocycles. The van der Waals surface area contributed by atoms with Gasteiger partial charge < -0.3 is 18.7 Å². The van der Waals surface area contributed by atoms with Crippen LogP contribution in [0.25, 0.3) is 78.2 Å². The van der Waals surface area contributed by atoms with Crippen LogP contribution in [0.5, 0.6) is 0 Å². The summed E-state index contributed by atoms with van der Waals surface area (Å²) in [6.45, 7) is 0. The molecular weight excluding hydrogens is 701 g/mol. The molecule has 1 N–H and O–H groups in total. The second kappa shape index (κ2) is 13.5. The zero-order valence-corrected chi connectivity index (χ0v) is 28.8. The van der Waals surface area contributed by atoms with Crippen molar-refractivity contribution in [1.29, 1.82) is 0 Å². The van der Waals surface area contributed by atoms with Gasteiger partial charge >= 0.3 is 11.9 Å². The minimum atomic E-state index is -1.06. The highest BCUT2D eigenvalue weighted by atomic mass is 16.5. The Morgan fingerprint density at radius 2 is 1.02 bits per heavy atom. The number of methoxy groups -OCH3 is 1. The highest BCUT2D eigenvalue weighted by Gasteiger charge is 2.21. The predicted molar refractivity (Wildman–Crippen MR) is 202 cm³/mol. The van der Waals surface area contributed by atoms with Crippen molar-refractivity contribution < 1.29 is 28.3 Å². The number of furan rings is 2. The average Bonchev–Trinajstić information content (AvgIpc) is 4.08. The molecule has 4 aromatic carbocycles. The van der Waals surface area contributed by atoms with E-state index in [1.54, 1.807) is 53.5 Å². The monoisotopic (exact) mass is 726 g/mol. The number of aromatic nitrogens is 8. The van der Waals surface area contributed by atoms with Crippen molar-refractivity contribution in [3.05, 3.63) is 145 Å². The third kappa shape index (κ3) is 5.98. The fraction of sp³-hybridized carbons (Fsp3) is 0.0244. The fourth-order valence-corrected chi connectivity index (χ4v) is 6.29. The van der Waals surface area contributed by atoms with Crippen molar-refractivity contribution >= 4 is 55.8 Å². The van der Waals surface area contributed by atoms with Gasteiger partial charge in [0.15, 0.2) is 11.5 Å². The van der Waals surface area contributed by atoms with Crippen LogP contribution in [-0.4, -0.2) is 64.1 Å². The van der Waals surface area contributed by atoms with Gasteiger partial charge in [0.25, 0.3) is 0 Å². The molecule has 55 heavy (non-hydrogen) atoms. The number of pyridine rings is 2. The molecule has 14 nitrogen and oxygen atoms in total. The second-order valence-electron chi connectivity index (χ2n) is 12.2. The minimum Gasteiger partial charge on any atom is -0.478 e. The zero-order valence-electron chi connectivity index (χ0n) is 28.8. The van der Waals surface area contributed by atoms with Crippen LogP contribution in [0.3, 0.4) is 0 Å². The molecule has 0 aliphatic rings. The Bertz CT molecular complexity index is 3010. The first-order chi connectivity index (χ1) is 26.9. The van der Waals surface area contributed by atoms with Crippen LogP contribution in [0.1, 0.15) is 20.7 Å². The first-order valence-corrected chi connectivity index (χ1v) is 16.9. The Labute approximate surface area is 309 Å². The van der Waals surface area contributed by atoms with E-state index in [0.717, 1.165) is 11.4 Å². The van der Waals surface area contributed by atoms with Gasteiger partial charge in [-0.3, -0.25) is 0 Å². The van der Waals surface area contributed by atoms with E-state index in [1.165, 1.54) is 24.2 Å². The van der Waals surface area contributed by atoms with Gasteiger partial charge in [0.1, 0.15) is 33.5 Å². The van der Waals surface area contributed by atoms with E-state index in [4.69, 9.17) is 13.6 Å². The maximum Gasteiger partial charge on any atom is 0.338 e.